The molecule has 0 aromatic carbocycles. The van der Waals surface area contributed by atoms with Crippen LogP contribution in [0.4, 0.5) is 4.39 Å². The van der Waals surface area contributed by atoms with Gasteiger partial charge < -0.3 is 9.26 Å². The summed E-state index contributed by atoms with van der Waals surface area (Å²) in [6.07, 6.45) is 0.993. The fraction of sp³-hybridized carbons (Fsp3) is 0.250. The van der Waals surface area contributed by atoms with Gasteiger partial charge in [0.05, 0.1) is 13.3 Å². The van der Waals surface area contributed by atoms with E-state index in [9.17, 15) is 4.39 Å². The number of ether oxygens (including phenoxy) is 1. The first-order valence-corrected chi connectivity index (χ1v) is 4.08. The summed E-state index contributed by atoms with van der Waals surface area (Å²) < 4.78 is 22.8. The second-order valence-corrected chi connectivity index (χ2v) is 2.69. The summed E-state index contributed by atoms with van der Waals surface area (Å²) in [5, 5.41) is 3.55. The first-order chi connectivity index (χ1) is 7.20. The minimum Gasteiger partial charge on any atom is -0.467 e. The maximum absolute atomic E-state index is 13.3. The highest BCUT2D eigenvalue weighted by Gasteiger charge is 2.14. The molecule has 0 radical (unpaired) electrons. The molecular weight excluding hydrogens is 203 g/mol. The molecule has 7 heteroatoms. The molecular formula is C8H7FN4O2. The molecule has 0 atom stereocenters. The van der Waals surface area contributed by atoms with Crippen LogP contribution in [0.2, 0.25) is 0 Å². The zero-order chi connectivity index (χ0) is 10.8. The van der Waals surface area contributed by atoms with Gasteiger partial charge in [-0.3, -0.25) is 0 Å². The van der Waals surface area contributed by atoms with E-state index < -0.39 is 5.82 Å². The van der Waals surface area contributed by atoms with Crippen LogP contribution in [-0.2, 0) is 0 Å². The van der Waals surface area contributed by atoms with Crippen molar-refractivity contribution in [3.8, 4) is 17.5 Å². The molecule has 0 bridgehead atoms. The molecule has 6 nitrogen and oxygen atoms in total. The summed E-state index contributed by atoms with van der Waals surface area (Å²) >= 11 is 0. The van der Waals surface area contributed by atoms with Gasteiger partial charge in [-0.05, 0) is 0 Å². The number of hydrogen-bond acceptors (Lipinski definition) is 6. The van der Waals surface area contributed by atoms with Crippen molar-refractivity contribution in [3.05, 3.63) is 17.9 Å². The Labute approximate surface area is 84.1 Å². The third-order valence-electron chi connectivity index (χ3n) is 1.64. The first-order valence-electron chi connectivity index (χ1n) is 4.08. The van der Waals surface area contributed by atoms with Gasteiger partial charge in [0.15, 0.2) is 11.5 Å². The molecule has 2 rings (SSSR count). The molecule has 0 saturated heterocycles. The molecule has 78 valence electrons. The molecule has 0 N–H and O–H groups in total. The van der Waals surface area contributed by atoms with Crippen molar-refractivity contribution in [2.24, 2.45) is 0 Å². The van der Waals surface area contributed by atoms with Crippen LogP contribution >= 0.6 is 0 Å². The molecule has 0 spiro atoms. The summed E-state index contributed by atoms with van der Waals surface area (Å²) in [4.78, 5) is 11.2. The minimum absolute atomic E-state index is 0.0429. The maximum atomic E-state index is 13.3. The average Bonchev–Trinajstić information content (AvgIpc) is 2.65. The smallest absolute Gasteiger partial charge is 0.316 e. The number of aryl methyl sites for hydroxylation is 1. The van der Waals surface area contributed by atoms with Crippen molar-refractivity contribution in [1.82, 2.24) is 20.1 Å². The highest BCUT2D eigenvalue weighted by Crippen LogP contribution is 2.18. The van der Waals surface area contributed by atoms with Crippen LogP contribution in [-0.4, -0.2) is 27.2 Å². The topological polar surface area (TPSA) is 73.9 Å². The highest BCUT2D eigenvalue weighted by atomic mass is 19.1. The third-order valence-corrected chi connectivity index (χ3v) is 1.64. The maximum Gasteiger partial charge on any atom is 0.316 e. The molecule has 0 aliphatic rings. The highest BCUT2D eigenvalue weighted by molar-refractivity contribution is 5.48. The van der Waals surface area contributed by atoms with Gasteiger partial charge in [-0.2, -0.15) is 9.97 Å². The lowest BCUT2D eigenvalue weighted by Gasteiger charge is -1.99. The lowest BCUT2D eigenvalue weighted by molar-refractivity contribution is 0.376. The third kappa shape index (κ3) is 1.76. The molecule has 0 aliphatic carbocycles. The quantitative estimate of drug-likeness (QED) is 0.735. The van der Waals surface area contributed by atoms with E-state index >= 15 is 0 Å². The summed E-state index contributed by atoms with van der Waals surface area (Å²) in [6.45, 7) is 1.60. The largest absolute Gasteiger partial charge is 0.467 e. The Morgan fingerprint density at radius 2 is 2.20 bits per heavy atom. The van der Waals surface area contributed by atoms with Crippen LogP contribution < -0.4 is 4.74 Å². The molecule has 2 aromatic heterocycles. The van der Waals surface area contributed by atoms with E-state index in [0.29, 0.717) is 5.89 Å². The van der Waals surface area contributed by atoms with E-state index in [1.165, 1.54) is 7.11 Å². The average molecular weight is 210 g/mol. The molecule has 15 heavy (non-hydrogen) atoms. The van der Waals surface area contributed by atoms with Gasteiger partial charge in [0.25, 0.3) is 0 Å². The predicted octanol–water partition coefficient (Wildman–Crippen LogP) is 0.983. The number of nitrogens with zero attached hydrogens (tertiary/aromatic N) is 4. The number of rotatable bonds is 2. The molecule has 0 fully saturated rings. The van der Waals surface area contributed by atoms with Crippen molar-refractivity contribution in [2.45, 2.75) is 6.92 Å². The monoisotopic (exact) mass is 210 g/mol. The number of methoxy groups -OCH3 is 1. The minimum atomic E-state index is -0.628. The van der Waals surface area contributed by atoms with Crippen molar-refractivity contribution in [1.29, 1.82) is 0 Å². The Morgan fingerprint density at radius 1 is 1.40 bits per heavy atom. The van der Waals surface area contributed by atoms with E-state index in [4.69, 9.17) is 9.26 Å². The predicted molar refractivity (Wildman–Crippen MR) is 46.6 cm³/mol. The van der Waals surface area contributed by atoms with Gasteiger partial charge >= 0.3 is 6.01 Å². The van der Waals surface area contributed by atoms with Crippen molar-refractivity contribution in [2.75, 3.05) is 7.11 Å². The Hall–Kier alpha value is -2.05. The summed E-state index contributed by atoms with van der Waals surface area (Å²) in [5.41, 5.74) is -0.0429. The molecule has 0 amide bonds. The standard InChI is InChI=1S/C8H7FN4O2/c1-4-11-7(13-15-4)6-5(9)3-10-8(12-6)14-2/h3H,1-2H3. The Balaban J connectivity index is 2.51. The van der Waals surface area contributed by atoms with Gasteiger partial charge in [-0.15, -0.1) is 0 Å². The van der Waals surface area contributed by atoms with E-state index in [0.717, 1.165) is 6.20 Å². The van der Waals surface area contributed by atoms with Crippen LogP contribution in [0.3, 0.4) is 0 Å². The number of hydrogen-bond donors (Lipinski definition) is 0. The Kier molecular flexibility index (Phi) is 2.28. The molecule has 2 aromatic rings. The van der Waals surface area contributed by atoms with Crippen LogP contribution in [0.5, 0.6) is 6.01 Å². The number of aromatic nitrogens is 4. The van der Waals surface area contributed by atoms with Crippen LogP contribution in [0.25, 0.3) is 11.5 Å². The SMILES string of the molecule is COc1ncc(F)c(-c2noc(C)n2)n1. The van der Waals surface area contributed by atoms with E-state index in [-0.39, 0.29) is 17.5 Å². The Morgan fingerprint density at radius 3 is 2.80 bits per heavy atom. The summed E-state index contributed by atoms with van der Waals surface area (Å²) in [6, 6.07) is 0.0499. The van der Waals surface area contributed by atoms with Gasteiger partial charge in [0.2, 0.25) is 11.7 Å². The van der Waals surface area contributed by atoms with Crippen LogP contribution in [0, 0.1) is 12.7 Å². The van der Waals surface area contributed by atoms with Gasteiger partial charge in [0.1, 0.15) is 0 Å². The first kappa shape index (κ1) is 9.50. The second-order valence-electron chi connectivity index (χ2n) is 2.69. The van der Waals surface area contributed by atoms with Gasteiger partial charge in [-0.1, -0.05) is 5.16 Å². The normalized spacial score (nSPS) is 10.3. The zero-order valence-corrected chi connectivity index (χ0v) is 8.06. The summed E-state index contributed by atoms with van der Waals surface area (Å²) in [7, 11) is 1.39. The van der Waals surface area contributed by atoms with E-state index in [1.807, 2.05) is 0 Å². The van der Waals surface area contributed by atoms with E-state index in [1.54, 1.807) is 6.92 Å². The fourth-order valence-electron chi connectivity index (χ4n) is 1.00. The second kappa shape index (κ2) is 3.60. The van der Waals surface area contributed by atoms with Crippen LogP contribution in [0.1, 0.15) is 5.89 Å². The van der Waals surface area contributed by atoms with Gasteiger partial charge in [0, 0.05) is 6.92 Å². The zero-order valence-electron chi connectivity index (χ0n) is 8.06. The number of halogens is 1. The van der Waals surface area contributed by atoms with E-state index in [2.05, 4.69) is 20.1 Å². The molecule has 2 heterocycles. The van der Waals surface area contributed by atoms with Crippen molar-refractivity contribution >= 4 is 0 Å². The lowest BCUT2D eigenvalue weighted by atomic mass is 10.4. The lowest BCUT2D eigenvalue weighted by Crippen LogP contribution is -1.97. The van der Waals surface area contributed by atoms with Crippen molar-refractivity contribution < 1.29 is 13.7 Å². The van der Waals surface area contributed by atoms with Crippen molar-refractivity contribution in [3.63, 3.8) is 0 Å². The summed E-state index contributed by atoms with van der Waals surface area (Å²) in [5.74, 6) is -0.218. The molecule has 0 saturated carbocycles. The van der Waals surface area contributed by atoms with Crippen LogP contribution in [0.15, 0.2) is 10.7 Å². The molecule has 0 unspecified atom stereocenters. The fourth-order valence-corrected chi connectivity index (χ4v) is 1.00. The van der Waals surface area contributed by atoms with Gasteiger partial charge in [-0.25, -0.2) is 9.37 Å². The molecule has 0 aliphatic heterocycles. The Bertz CT molecular complexity index is 485.